The van der Waals surface area contributed by atoms with Gasteiger partial charge in [0.05, 0.1) is 5.75 Å². The molecular weight excluding hydrogens is 380 g/mol. The number of nitrogens with zero attached hydrogens (tertiary/aromatic N) is 2. The predicted molar refractivity (Wildman–Crippen MR) is 109 cm³/mol. The topological polar surface area (TPSA) is 76.0 Å². The first kappa shape index (κ1) is 19.2. The zero-order valence-corrected chi connectivity index (χ0v) is 16.5. The molecule has 0 saturated carbocycles. The Morgan fingerprint density at radius 1 is 1.22 bits per heavy atom. The average Bonchev–Trinajstić information content (AvgIpc) is 3.32. The third-order valence-electron chi connectivity index (χ3n) is 3.78. The minimum Gasteiger partial charge on any atom is -0.352 e. The number of amides is 2. The minimum absolute atomic E-state index is 0.115. The summed E-state index contributed by atoms with van der Waals surface area (Å²) >= 11 is 3.06. The molecule has 0 spiro atoms. The number of rotatable bonds is 8. The summed E-state index contributed by atoms with van der Waals surface area (Å²) in [7, 11) is 1.89. The molecule has 3 rings (SSSR count). The number of nitrogens with one attached hydrogen (secondary N) is 2. The summed E-state index contributed by atoms with van der Waals surface area (Å²) in [6.45, 7) is 0.599. The van der Waals surface area contributed by atoms with E-state index in [1.54, 1.807) is 41.8 Å². The second-order valence-electron chi connectivity index (χ2n) is 5.82. The van der Waals surface area contributed by atoms with Crippen molar-refractivity contribution in [3.63, 3.8) is 0 Å². The van der Waals surface area contributed by atoms with Crippen molar-refractivity contribution < 1.29 is 9.59 Å². The van der Waals surface area contributed by atoms with Crippen LogP contribution in [0.5, 0.6) is 0 Å². The summed E-state index contributed by atoms with van der Waals surface area (Å²) < 4.78 is 1.86. The van der Waals surface area contributed by atoms with Gasteiger partial charge in [0, 0.05) is 42.1 Å². The van der Waals surface area contributed by atoms with Gasteiger partial charge in [-0.2, -0.15) is 0 Å². The van der Waals surface area contributed by atoms with E-state index in [1.165, 1.54) is 16.6 Å². The van der Waals surface area contributed by atoms with Crippen LogP contribution in [0.4, 0.5) is 5.69 Å². The van der Waals surface area contributed by atoms with E-state index in [0.29, 0.717) is 17.8 Å². The van der Waals surface area contributed by atoms with Gasteiger partial charge in [0.15, 0.2) is 5.16 Å². The highest BCUT2D eigenvalue weighted by Gasteiger charge is 2.08. The fraction of sp³-hybridized carbons (Fsp3) is 0.211. The molecule has 0 saturated heterocycles. The number of thiophene rings is 1. The molecule has 0 aliphatic carbocycles. The quantitative estimate of drug-likeness (QED) is 0.570. The van der Waals surface area contributed by atoms with Gasteiger partial charge in [0.1, 0.15) is 0 Å². The van der Waals surface area contributed by atoms with Crippen molar-refractivity contribution in [2.75, 3.05) is 17.6 Å². The molecular formula is C19H20N4O2S2. The van der Waals surface area contributed by atoms with Crippen molar-refractivity contribution in [3.05, 3.63) is 64.6 Å². The molecule has 6 nitrogen and oxygen atoms in total. The summed E-state index contributed by atoms with van der Waals surface area (Å²) in [4.78, 5) is 29.6. The molecule has 0 unspecified atom stereocenters. The predicted octanol–water partition coefficient (Wildman–Crippen LogP) is 3.18. The number of carbonyl (C=O) groups excluding carboxylic acids is 2. The van der Waals surface area contributed by atoms with Crippen LogP contribution in [0.25, 0.3) is 0 Å². The summed E-state index contributed by atoms with van der Waals surface area (Å²) in [6.07, 6.45) is 4.36. The van der Waals surface area contributed by atoms with Crippen LogP contribution in [0.3, 0.4) is 0 Å². The molecule has 0 atom stereocenters. The highest BCUT2D eigenvalue weighted by Crippen LogP contribution is 2.16. The third-order valence-corrected chi connectivity index (χ3v) is 5.77. The maximum Gasteiger partial charge on any atom is 0.251 e. The summed E-state index contributed by atoms with van der Waals surface area (Å²) in [6, 6.07) is 10.9. The molecule has 1 aromatic carbocycles. The highest BCUT2D eigenvalue weighted by molar-refractivity contribution is 7.99. The van der Waals surface area contributed by atoms with Crippen LogP contribution in [0.1, 0.15) is 15.2 Å². The van der Waals surface area contributed by atoms with Crippen molar-refractivity contribution in [2.24, 2.45) is 7.05 Å². The number of hydrogen-bond acceptors (Lipinski definition) is 5. The average molecular weight is 401 g/mol. The van der Waals surface area contributed by atoms with E-state index in [9.17, 15) is 9.59 Å². The van der Waals surface area contributed by atoms with Gasteiger partial charge in [-0.05, 0) is 42.1 Å². The van der Waals surface area contributed by atoms with Gasteiger partial charge in [-0.1, -0.05) is 17.8 Å². The number of carbonyl (C=O) groups is 2. The van der Waals surface area contributed by atoms with E-state index in [4.69, 9.17) is 0 Å². The Hall–Kier alpha value is -2.58. The molecule has 2 aromatic heterocycles. The number of aromatic nitrogens is 2. The molecule has 0 aliphatic heterocycles. The van der Waals surface area contributed by atoms with E-state index in [1.807, 2.05) is 29.3 Å². The van der Waals surface area contributed by atoms with Gasteiger partial charge < -0.3 is 15.2 Å². The smallest absolute Gasteiger partial charge is 0.251 e. The van der Waals surface area contributed by atoms with E-state index in [0.717, 1.165) is 11.6 Å². The summed E-state index contributed by atoms with van der Waals surface area (Å²) in [5, 5.41) is 8.55. The van der Waals surface area contributed by atoms with E-state index < -0.39 is 0 Å². The Morgan fingerprint density at radius 2 is 2.04 bits per heavy atom. The van der Waals surface area contributed by atoms with Crippen molar-refractivity contribution >= 4 is 40.6 Å². The van der Waals surface area contributed by atoms with Gasteiger partial charge in [0.2, 0.25) is 5.91 Å². The van der Waals surface area contributed by atoms with Crippen LogP contribution in [-0.4, -0.2) is 33.7 Å². The molecule has 8 heteroatoms. The van der Waals surface area contributed by atoms with Crippen LogP contribution < -0.4 is 10.6 Å². The second kappa shape index (κ2) is 9.38. The fourth-order valence-corrected chi connectivity index (χ4v) is 3.82. The first-order valence-corrected chi connectivity index (χ1v) is 10.3. The maximum atomic E-state index is 12.2. The van der Waals surface area contributed by atoms with Crippen molar-refractivity contribution in [2.45, 2.75) is 11.6 Å². The van der Waals surface area contributed by atoms with E-state index in [2.05, 4.69) is 21.7 Å². The number of thioether (sulfide) groups is 1. The zero-order valence-electron chi connectivity index (χ0n) is 14.8. The number of hydrogen-bond donors (Lipinski definition) is 2. The van der Waals surface area contributed by atoms with Gasteiger partial charge in [-0.25, -0.2) is 4.98 Å². The lowest BCUT2D eigenvalue weighted by Crippen LogP contribution is -2.25. The third kappa shape index (κ3) is 5.70. The lowest BCUT2D eigenvalue weighted by atomic mass is 10.2. The molecule has 27 heavy (non-hydrogen) atoms. The van der Waals surface area contributed by atoms with Crippen LogP contribution in [0, 0.1) is 0 Å². The van der Waals surface area contributed by atoms with Crippen molar-refractivity contribution in [3.8, 4) is 0 Å². The standard InChI is InChI=1S/C19H20N4O2S2/c1-23-11-10-21-19(23)27-13-17(24)22-15-6-4-14(5-7-15)18(25)20-9-8-16-3-2-12-26-16/h2-7,10-12H,8-9,13H2,1H3,(H,20,25)(H,22,24). The Kier molecular flexibility index (Phi) is 6.67. The monoisotopic (exact) mass is 400 g/mol. The molecule has 0 aliphatic rings. The van der Waals surface area contributed by atoms with Crippen LogP contribution >= 0.6 is 23.1 Å². The van der Waals surface area contributed by atoms with E-state index in [-0.39, 0.29) is 17.6 Å². The molecule has 0 bridgehead atoms. The van der Waals surface area contributed by atoms with E-state index >= 15 is 0 Å². The normalized spacial score (nSPS) is 10.6. The molecule has 0 radical (unpaired) electrons. The molecule has 0 fully saturated rings. The van der Waals surface area contributed by atoms with Crippen molar-refractivity contribution in [1.29, 1.82) is 0 Å². The van der Waals surface area contributed by atoms with Crippen LogP contribution in [0.2, 0.25) is 0 Å². The molecule has 2 N–H and O–H groups in total. The fourth-order valence-electron chi connectivity index (χ4n) is 2.38. The minimum atomic E-state index is -0.116. The number of imidazole rings is 1. The molecule has 2 amide bonds. The first-order valence-electron chi connectivity index (χ1n) is 8.42. The summed E-state index contributed by atoms with van der Waals surface area (Å²) in [5.41, 5.74) is 1.23. The lowest BCUT2D eigenvalue weighted by Gasteiger charge is -2.07. The highest BCUT2D eigenvalue weighted by atomic mass is 32.2. The second-order valence-corrected chi connectivity index (χ2v) is 7.79. The zero-order chi connectivity index (χ0) is 19.1. The molecule has 2 heterocycles. The van der Waals surface area contributed by atoms with Gasteiger partial charge >= 0.3 is 0 Å². The SMILES string of the molecule is Cn1ccnc1SCC(=O)Nc1ccc(C(=O)NCCc2cccs2)cc1. The number of aryl methyl sites for hydroxylation is 1. The Balaban J connectivity index is 1.44. The number of benzene rings is 1. The lowest BCUT2D eigenvalue weighted by molar-refractivity contribution is -0.113. The van der Waals surface area contributed by atoms with Gasteiger partial charge in [-0.15, -0.1) is 11.3 Å². The van der Waals surface area contributed by atoms with Crippen LogP contribution in [-0.2, 0) is 18.3 Å². The number of anilines is 1. The Morgan fingerprint density at radius 3 is 2.70 bits per heavy atom. The van der Waals surface area contributed by atoms with Crippen molar-refractivity contribution in [1.82, 2.24) is 14.9 Å². The Labute approximate surface area is 166 Å². The Bertz CT molecular complexity index is 889. The molecule has 140 valence electrons. The summed E-state index contributed by atoms with van der Waals surface area (Å²) in [5.74, 6) is 0.0430. The molecule has 3 aromatic rings. The first-order chi connectivity index (χ1) is 13.1. The van der Waals surface area contributed by atoms with Crippen LogP contribution in [0.15, 0.2) is 59.3 Å². The largest absolute Gasteiger partial charge is 0.352 e. The van der Waals surface area contributed by atoms with Gasteiger partial charge in [0.25, 0.3) is 5.91 Å². The van der Waals surface area contributed by atoms with Gasteiger partial charge in [-0.3, -0.25) is 9.59 Å². The maximum absolute atomic E-state index is 12.2.